The first-order chi connectivity index (χ1) is 26.3. The molecule has 8 aromatic carbocycles. The molecule has 0 unspecified atom stereocenters. The predicted molar refractivity (Wildman–Crippen MR) is 218 cm³/mol. The van der Waals surface area contributed by atoms with Gasteiger partial charge in [0, 0.05) is 20.6 Å². The van der Waals surface area contributed by atoms with Crippen molar-refractivity contribution in [2.45, 2.75) is 20.6 Å². The van der Waals surface area contributed by atoms with E-state index in [1.54, 1.807) is 0 Å². The Balaban J connectivity index is 1.23. The Morgan fingerprint density at radius 1 is 0.377 bits per heavy atom. The van der Waals surface area contributed by atoms with E-state index in [2.05, 4.69) is 187 Å². The maximum absolute atomic E-state index is 6.50. The summed E-state index contributed by atoms with van der Waals surface area (Å²) in [5.41, 5.74) is 13.0. The molecule has 0 saturated heterocycles. The zero-order chi connectivity index (χ0) is 35.0. The molecule has 250 valence electrons. The van der Waals surface area contributed by atoms with Gasteiger partial charge in [-0.15, -0.1) is 0 Å². The van der Waals surface area contributed by atoms with Crippen LogP contribution in [-0.2, 0) is 10.8 Å². The van der Waals surface area contributed by atoms with Gasteiger partial charge in [-0.2, -0.15) is 0 Å². The summed E-state index contributed by atoms with van der Waals surface area (Å²) in [5.74, 6) is 0. The van der Waals surface area contributed by atoms with Crippen LogP contribution in [0.2, 0.25) is 0 Å². The highest BCUT2D eigenvalue weighted by Crippen LogP contribution is 2.64. The first-order valence-corrected chi connectivity index (χ1v) is 19.0. The number of fused-ring (bicyclic) bond motifs is 11. The van der Waals surface area contributed by atoms with Gasteiger partial charge in [-0.1, -0.05) is 182 Å². The number of benzene rings is 8. The Labute approximate surface area is 312 Å². The third-order valence-electron chi connectivity index (χ3n) is 11.5. The smallest absolute Gasteiger partial charge is 0.158 e. The van der Waals surface area contributed by atoms with Crippen molar-refractivity contribution in [2.24, 2.45) is 0 Å². The summed E-state index contributed by atoms with van der Waals surface area (Å²) in [4.78, 5) is 2.48. The van der Waals surface area contributed by atoms with Gasteiger partial charge in [-0.3, -0.25) is 0 Å². The lowest BCUT2D eigenvalue weighted by Crippen LogP contribution is -2.46. The van der Waals surface area contributed by atoms with Gasteiger partial charge in [0.1, 0.15) is 5.58 Å². The van der Waals surface area contributed by atoms with E-state index in [9.17, 15) is 0 Å². The van der Waals surface area contributed by atoms with Crippen molar-refractivity contribution in [1.29, 1.82) is 0 Å². The van der Waals surface area contributed by atoms with Gasteiger partial charge in [0.25, 0.3) is 0 Å². The zero-order valence-corrected chi connectivity index (χ0v) is 29.6. The molecule has 1 spiro atoms. The summed E-state index contributed by atoms with van der Waals surface area (Å²) in [5, 5.41) is 6.12. The van der Waals surface area contributed by atoms with Crippen molar-refractivity contribution in [2.75, 3.05) is 5.32 Å². The van der Waals surface area contributed by atoms with E-state index in [1.165, 1.54) is 54.3 Å². The fraction of sp³-hybridized carbons (Fsp3) is 0.0400. The van der Waals surface area contributed by atoms with Crippen LogP contribution in [0.1, 0.15) is 44.5 Å². The molecule has 0 atom stereocenters. The van der Waals surface area contributed by atoms with Crippen LogP contribution in [0.5, 0.6) is 0 Å². The third-order valence-corrected chi connectivity index (χ3v) is 12.7. The van der Waals surface area contributed by atoms with Gasteiger partial charge in [-0.25, -0.2) is 0 Å². The summed E-state index contributed by atoms with van der Waals surface area (Å²) in [6, 6.07) is 71.1. The molecule has 1 aromatic heterocycles. The minimum Gasteiger partial charge on any atom is -0.454 e. The predicted octanol–water partition coefficient (Wildman–Crippen LogP) is 12.9. The highest BCUT2D eigenvalue weighted by molar-refractivity contribution is 7.99. The molecule has 0 radical (unpaired) electrons. The molecule has 2 heterocycles. The molecule has 0 saturated carbocycles. The molecule has 1 aliphatic carbocycles. The van der Waals surface area contributed by atoms with Gasteiger partial charge in [-0.05, 0) is 68.8 Å². The summed E-state index contributed by atoms with van der Waals surface area (Å²) >= 11 is 1.86. The minimum atomic E-state index is -0.583. The topological polar surface area (TPSA) is 25.2 Å². The monoisotopic (exact) mass is 695 g/mol. The SMILES string of the molecule is c1ccc(C2(c3ccccc3)c3ccccc3C3(c4ccccc4Sc4c(Nc5cccc6c5oc5ccccc56)cccc43)c3ccccc32)cc1. The molecule has 53 heavy (non-hydrogen) atoms. The van der Waals surface area contributed by atoms with Gasteiger partial charge in [0.05, 0.1) is 22.2 Å². The number of rotatable bonds is 4. The number of hydrogen-bond acceptors (Lipinski definition) is 3. The van der Waals surface area contributed by atoms with Crippen LogP contribution in [0, 0.1) is 0 Å². The fourth-order valence-electron chi connectivity index (χ4n) is 9.46. The van der Waals surface area contributed by atoms with Gasteiger partial charge in [0.2, 0.25) is 0 Å². The first kappa shape index (κ1) is 30.3. The average Bonchev–Trinajstić information content (AvgIpc) is 3.62. The van der Waals surface area contributed by atoms with E-state index in [-0.39, 0.29) is 0 Å². The Bertz CT molecular complexity index is 2770. The van der Waals surface area contributed by atoms with E-state index in [4.69, 9.17) is 4.42 Å². The number of furan rings is 1. The van der Waals surface area contributed by atoms with Crippen molar-refractivity contribution in [3.05, 3.63) is 239 Å². The Kier molecular flexibility index (Phi) is 6.65. The van der Waals surface area contributed by atoms with E-state index in [0.29, 0.717) is 0 Å². The van der Waals surface area contributed by atoms with Crippen LogP contribution in [0.4, 0.5) is 11.4 Å². The quantitative estimate of drug-likeness (QED) is 0.198. The van der Waals surface area contributed by atoms with Gasteiger partial charge in [0.15, 0.2) is 5.58 Å². The molecule has 0 bridgehead atoms. The van der Waals surface area contributed by atoms with E-state index in [1.807, 2.05) is 23.9 Å². The molecule has 1 N–H and O–H groups in total. The molecule has 3 heteroatoms. The Hall–Kier alpha value is -6.29. The highest BCUT2D eigenvalue weighted by Gasteiger charge is 2.55. The maximum atomic E-state index is 6.50. The molecule has 11 rings (SSSR count). The second kappa shape index (κ2) is 11.6. The van der Waals surface area contributed by atoms with Crippen LogP contribution in [0.15, 0.2) is 208 Å². The van der Waals surface area contributed by atoms with Crippen molar-refractivity contribution >= 4 is 45.1 Å². The zero-order valence-electron chi connectivity index (χ0n) is 28.8. The summed E-state index contributed by atoms with van der Waals surface area (Å²) in [6.07, 6.45) is 0. The van der Waals surface area contributed by atoms with Crippen LogP contribution < -0.4 is 5.32 Å². The molecule has 2 aliphatic rings. The highest BCUT2D eigenvalue weighted by atomic mass is 32.2. The summed E-state index contributed by atoms with van der Waals surface area (Å²) in [6.45, 7) is 0. The lowest BCUT2D eigenvalue weighted by molar-refractivity contribution is 0.599. The Morgan fingerprint density at radius 2 is 0.868 bits per heavy atom. The number of anilines is 2. The molecule has 1 aliphatic heterocycles. The normalized spacial score (nSPS) is 14.6. The summed E-state index contributed by atoms with van der Waals surface area (Å²) in [7, 11) is 0. The number of hydrogen-bond donors (Lipinski definition) is 1. The van der Waals surface area contributed by atoms with Crippen LogP contribution in [-0.4, -0.2) is 0 Å². The fourth-order valence-corrected chi connectivity index (χ4v) is 10.7. The lowest BCUT2D eigenvalue weighted by Gasteiger charge is -2.52. The van der Waals surface area contributed by atoms with Crippen molar-refractivity contribution in [3.8, 4) is 0 Å². The second-order valence-corrected chi connectivity index (χ2v) is 15.1. The Morgan fingerprint density at radius 3 is 1.55 bits per heavy atom. The van der Waals surface area contributed by atoms with E-state index < -0.39 is 10.8 Å². The van der Waals surface area contributed by atoms with Crippen molar-refractivity contribution in [3.63, 3.8) is 0 Å². The third kappa shape index (κ3) is 4.11. The summed E-state index contributed by atoms with van der Waals surface area (Å²) < 4.78 is 6.50. The number of para-hydroxylation sites is 2. The van der Waals surface area contributed by atoms with Crippen molar-refractivity contribution in [1.82, 2.24) is 0 Å². The standard InChI is InChI=1S/C50H33NOS/c1-3-17-33(18-4-1)49(34-19-5-2-6-20-34)37-23-8-10-25-39(37)50(40-26-11-9-24-38(40)49)41-27-12-14-32-46(41)53-48-42(50)28-16-30-44(48)51-43-29-15-22-36-35-21-7-13-31-45(35)52-47(36)43/h1-32,51H. The molecule has 2 nitrogen and oxygen atoms in total. The second-order valence-electron chi connectivity index (χ2n) is 14.0. The van der Waals surface area contributed by atoms with Gasteiger partial charge >= 0.3 is 0 Å². The molecular weight excluding hydrogens is 663 g/mol. The molecule has 0 fully saturated rings. The lowest BCUT2D eigenvalue weighted by atomic mass is 9.50. The van der Waals surface area contributed by atoms with E-state index in [0.717, 1.165) is 33.3 Å². The maximum Gasteiger partial charge on any atom is 0.158 e. The molecular formula is C50H33NOS. The number of nitrogens with one attached hydrogen (secondary N) is 1. The first-order valence-electron chi connectivity index (χ1n) is 18.2. The minimum absolute atomic E-state index is 0.534. The van der Waals surface area contributed by atoms with Crippen molar-refractivity contribution < 1.29 is 4.42 Å². The molecule has 0 amide bonds. The van der Waals surface area contributed by atoms with Crippen LogP contribution in [0.25, 0.3) is 21.9 Å². The average molecular weight is 696 g/mol. The van der Waals surface area contributed by atoms with E-state index >= 15 is 0 Å². The van der Waals surface area contributed by atoms with Crippen LogP contribution >= 0.6 is 11.8 Å². The molecule has 9 aromatic rings. The van der Waals surface area contributed by atoms with Crippen LogP contribution in [0.3, 0.4) is 0 Å². The largest absolute Gasteiger partial charge is 0.454 e. The van der Waals surface area contributed by atoms with Gasteiger partial charge < -0.3 is 9.73 Å².